The third kappa shape index (κ3) is 3.26. The summed E-state index contributed by atoms with van der Waals surface area (Å²) in [6, 6.07) is 11.5. The van der Waals surface area contributed by atoms with E-state index in [0.717, 1.165) is 16.0 Å². The number of nitrogens with one attached hydrogen (secondary N) is 1. The quantitative estimate of drug-likeness (QED) is 0.593. The number of hydrogen-bond acceptors (Lipinski definition) is 6. The highest BCUT2D eigenvalue weighted by molar-refractivity contribution is 7.13. The van der Waals surface area contributed by atoms with Crippen LogP contribution < -0.4 is 5.43 Å². The molecule has 3 aromatic rings. The van der Waals surface area contributed by atoms with E-state index < -0.39 is 5.91 Å². The standard InChI is InChI=1S/C15H12N4O2S/c1-10-4-6-11(7-5-10)9-16-18-14(20)15-17-13(19-21-15)12-3-2-8-22-12/h2-9H,1H3,(H,18,20)/b16-9+. The van der Waals surface area contributed by atoms with Crippen molar-refractivity contribution in [3.63, 3.8) is 0 Å². The Morgan fingerprint density at radius 3 is 2.86 bits per heavy atom. The molecule has 0 saturated heterocycles. The number of aryl methyl sites for hydroxylation is 1. The zero-order valence-electron chi connectivity index (χ0n) is 11.7. The van der Waals surface area contributed by atoms with E-state index in [1.807, 2.05) is 48.7 Å². The van der Waals surface area contributed by atoms with Gasteiger partial charge in [-0.2, -0.15) is 10.1 Å². The molecule has 0 aliphatic heterocycles. The first-order valence-corrected chi connectivity index (χ1v) is 7.38. The lowest BCUT2D eigenvalue weighted by molar-refractivity contribution is 0.0911. The molecule has 22 heavy (non-hydrogen) atoms. The maximum atomic E-state index is 11.9. The van der Waals surface area contributed by atoms with Crippen molar-refractivity contribution in [1.82, 2.24) is 15.6 Å². The van der Waals surface area contributed by atoms with E-state index in [-0.39, 0.29) is 5.89 Å². The highest BCUT2D eigenvalue weighted by Crippen LogP contribution is 2.21. The minimum Gasteiger partial charge on any atom is -0.328 e. The van der Waals surface area contributed by atoms with Crippen molar-refractivity contribution in [3.8, 4) is 10.7 Å². The molecule has 0 bridgehead atoms. The van der Waals surface area contributed by atoms with Crippen LogP contribution in [0.4, 0.5) is 0 Å². The van der Waals surface area contributed by atoms with Gasteiger partial charge >= 0.3 is 11.8 Å². The van der Waals surface area contributed by atoms with Crippen molar-refractivity contribution < 1.29 is 9.32 Å². The monoisotopic (exact) mass is 312 g/mol. The molecule has 0 aliphatic carbocycles. The van der Waals surface area contributed by atoms with Crippen molar-refractivity contribution >= 4 is 23.5 Å². The number of amides is 1. The van der Waals surface area contributed by atoms with Crippen molar-refractivity contribution in [3.05, 3.63) is 58.8 Å². The Hall–Kier alpha value is -2.80. The van der Waals surface area contributed by atoms with E-state index in [0.29, 0.717) is 5.82 Å². The molecule has 0 radical (unpaired) electrons. The van der Waals surface area contributed by atoms with E-state index in [1.165, 1.54) is 11.3 Å². The Morgan fingerprint density at radius 2 is 2.14 bits per heavy atom. The molecule has 1 amide bonds. The summed E-state index contributed by atoms with van der Waals surface area (Å²) >= 11 is 1.47. The smallest absolute Gasteiger partial charge is 0.328 e. The Labute approximate surface area is 130 Å². The predicted octanol–water partition coefficient (Wildman–Crippen LogP) is 2.87. The SMILES string of the molecule is Cc1ccc(/C=N/NC(=O)c2nc(-c3cccs3)no2)cc1. The molecule has 7 heteroatoms. The normalized spacial score (nSPS) is 11.0. The molecule has 2 heterocycles. The third-order valence-corrected chi connectivity index (χ3v) is 3.68. The van der Waals surface area contributed by atoms with E-state index >= 15 is 0 Å². The van der Waals surface area contributed by atoms with Crippen molar-refractivity contribution in [2.75, 3.05) is 0 Å². The van der Waals surface area contributed by atoms with Gasteiger partial charge in [-0.05, 0) is 23.9 Å². The minimum absolute atomic E-state index is 0.121. The van der Waals surface area contributed by atoms with Gasteiger partial charge in [0, 0.05) is 0 Å². The van der Waals surface area contributed by atoms with Gasteiger partial charge in [-0.15, -0.1) is 11.3 Å². The zero-order valence-corrected chi connectivity index (χ0v) is 12.5. The Bertz CT molecular complexity index is 791. The van der Waals surface area contributed by atoms with Gasteiger partial charge in [0.05, 0.1) is 11.1 Å². The first kappa shape index (κ1) is 14.2. The summed E-state index contributed by atoms with van der Waals surface area (Å²) in [5.41, 5.74) is 4.40. The predicted molar refractivity (Wildman–Crippen MR) is 83.9 cm³/mol. The molecule has 1 N–H and O–H groups in total. The topological polar surface area (TPSA) is 80.4 Å². The third-order valence-electron chi connectivity index (χ3n) is 2.82. The molecule has 0 unspecified atom stereocenters. The second-order valence-corrected chi connectivity index (χ2v) is 5.46. The Balaban J connectivity index is 1.63. The molecule has 0 fully saturated rings. The molecule has 0 atom stereocenters. The number of carbonyl (C=O) groups is 1. The summed E-state index contributed by atoms with van der Waals surface area (Å²) in [5, 5.41) is 9.54. The summed E-state index contributed by atoms with van der Waals surface area (Å²) < 4.78 is 4.93. The number of aromatic nitrogens is 2. The molecular weight excluding hydrogens is 300 g/mol. The van der Waals surface area contributed by atoms with Gasteiger partial charge < -0.3 is 4.52 Å². The minimum atomic E-state index is -0.543. The lowest BCUT2D eigenvalue weighted by atomic mass is 10.2. The molecule has 0 aliphatic rings. The fraction of sp³-hybridized carbons (Fsp3) is 0.0667. The summed E-state index contributed by atoms with van der Waals surface area (Å²) in [5.74, 6) is -0.272. The molecule has 2 aromatic heterocycles. The highest BCUT2D eigenvalue weighted by atomic mass is 32.1. The zero-order chi connectivity index (χ0) is 15.4. The number of carbonyl (C=O) groups excluding carboxylic acids is 1. The van der Waals surface area contributed by atoms with E-state index in [9.17, 15) is 4.79 Å². The summed E-state index contributed by atoms with van der Waals surface area (Å²) in [6.07, 6.45) is 1.55. The second-order valence-electron chi connectivity index (χ2n) is 4.51. The average Bonchev–Trinajstić information content (AvgIpc) is 3.20. The summed E-state index contributed by atoms with van der Waals surface area (Å²) in [6.45, 7) is 2.00. The van der Waals surface area contributed by atoms with Crippen LogP contribution in [0, 0.1) is 6.92 Å². The van der Waals surface area contributed by atoms with E-state index in [2.05, 4.69) is 20.7 Å². The number of thiophene rings is 1. The van der Waals surface area contributed by atoms with Crippen LogP contribution in [-0.4, -0.2) is 22.3 Å². The lowest BCUT2D eigenvalue weighted by Gasteiger charge is -1.95. The number of hydrazone groups is 1. The van der Waals surface area contributed by atoms with E-state index in [1.54, 1.807) is 6.21 Å². The molecule has 110 valence electrons. The average molecular weight is 312 g/mol. The highest BCUT2D eigenvalue weighted by Gasteiger charge is 2.15. The second kappa shape index (κ2) is 6.31. The molecule has 1 aromatic carbocycles. The van der Waals surface area contributed by atoms with Crippen LogP contribution in [0.2, 0.25) is 0 Å². The summed E-state index contributed by atoms with van der Waals surface area (Å²) in [4.78, 5) is 16.7. The van der Waals surface area contributed by atoms with Crippen LogP contribution >= 0.6 is 11.3 Å². The largest absolute Gasteiger partial charge is 0.329 e. The fourth-order valence-electron chi connectivity index (χ4n) is 1.69. The lowest BCUT2D eigenvalue weighted by Crippen LogP contribution is -2.17. The van der Waals surface area contributed by atoms with Gasteiger partial charge in [0.25, 0.3) is 0 Å². The molecule has 0 spiro atoms. The maximum Gasteiger partial charge on any atom is 0.329 e. The van der Waals surface area contributed by atoms with Gasteiger partial charge in [-0.25, -0.2) is 5.43 Å². The van der Waals surface area contributed by atoms with Crippen LogP contribution in [0.15, 0.2) is 51.4 Å². The number of hydrogen-bond donors (Lipinski definition) is 1. The first-order chi connectivity index (χ1) is 10.7. The van der Waals surface area contributed by atoms with Gasteiger partial charge in [0.1, 0.15) is 0 Å². The van der Waals surface area contributed by atoms with Crippen LogP contribution in [0.1, 0.15) is 21.8 Å². The van der Waals surface area contributed by atoms with Gasteiger partial charge in [0.15, 0.2) is 0 Å². The van der Waals surface area contributed by atoms with Crippen molar-refractivity contribution in [2.24, 2.45) is 5.10 Å². The van der Waals surface area contributed by atoms with Crippen molar-refractivity contribution in [1.29, 1.82) is 0 Å². The van der Waals surface area contributed by atoms with Crippen LogP contribution in [0.5, 0.6) is 0 Å². The molecular formula is C15H12N4O2S. The van der Waals surface area contributed by atoms with Crippen molar-refractivity contribution in [2.45, 2.75) is 6.92 Å². The van der Waals surface area contributed by atoms with Gasteiger partial charge in [-0.1, -0.05) is 41.1 Å². The van der Waals surface area contributed by atoms with Gasteiger partial charge in [-0.3, -0.25) is 4.79 Å². The maximum absolute atomic E-state index is 11.9. The number of benzene rings is 1. The number of nitrogens with zero attached hydrogens (tertiary/aromatic N) is 3. The van der Waals surface area contributed by atoms with Crippen LogP contribution in [0.3, 0.4) is 0 Å². The molecule has 6 nitrogen and oxygen atoms in total. The van der Waals surface area contributed by atoms with E-state index in [4.69, 9.17) is 4.52 Å². The molecule has 3 rings (SSSR count). The van der Waals surface area contributed by atoms with Crippen LogP contribution in [0.25, 0.3) is 10.7 Å². The molecule has 0 saturated carbocycles. The Morgan fingerprint density at radius 1 is 1.32 bits per heavy atom. The van der Waals surface area contributed by atoms with Crippen LogP contribution in [-0.2, 0) is 0 Å². The fourth-order valence-corrected chi connectivity index (χ4v) is 2.34. The number of rotatable bonds is 4. The summed E-state index contributed by atoms with van der Waals surface area (Å²) in [7, 11) is 0. The Kier molecular flexibility index (Phi) is 4.06. The first-order valence-electron chi connectivity index (χ1n) is 6.50. The van der Waals surface area contributed by atoms with Gasteiger partial charge in [0.2, 0.25) is 5.82 Å².